The van der Waals surface area contributed by atoms with Gasteiger partial charge in [0.1, 0.15) is 5.69 Å². The third-order valence-corrected chi connectivity index (χ3v) is 4.80. The van der Waals surface area contributed by atoms with Crippen LogP contribution in [0.15, 0.2) is 53.8 Å². The Morgan fingerprint density at radius 2 is 1.96 bits per heavy atom. The Labute approximate surface area is 166 Å². The van der Waals surface area contributed by atoms with E-state index in [9.17, 15) is 9.59 Å². The van der Waals surface area contributed by atoms with Gasteiger partial charge in [0.25, 0.3) is 0 Å². The van der Waals surface area contributed by atoms with E-state index < -0.39 is 5.97 Å². The summed E-state index contributed by atoms with van der Waals surface area (Å²) in [6.07, 6.45) is 1.52. The molecular weight excluding hydrogens is 378 g/mol. The molecule has 28 heavy (non-hydrogen) atoms. The van der Waals surface area contributed by atoms with Crippen LogP contribution in [0.3, 0.4) is 0 Å². The van der Waals surface area contributed by atoms with Gasteiger partial charge in [-0.1, -0.05) is 30.0 Å². The molecule has 0 saturated carbocycles. The topological polar surface area (TPSA) is 99.0 Å². The maximum absolute atomic E-state index is 12.2. The van der Waals surface area contributed by atoms with Crippen LogP contribution in [-0.4, -0.2) is 44.5 Å². The molecule has 2 aromatic heterocycles. The van der Waals surface area contributed by atoms with Crippen molar-refractivity contribution in [1.82, 2.24) is 19.7 Å². The summed E-state index contributed by atoms with van der Waals surface area (Å²) in [5.41, 5.74) is 1.64. The van der Waals surface area contributed by atoms with E-state index >= 15 is 0 Å². The van der Waals surface area contributed by atoms with Crippen LogP contribution in [0.4, 0.5) is 5.69 Å². The van der Waals surface area contributed by atoms with Gasteiger partial charge in [-0.3, -0.25) is 4.79 Å². The zero-order valence-corrected chi connectivity index (χ0v) is 16.3. The van der Waals surface area contributed by atoms with Crippen molar-refractivity contribution >= 4 is 29.3 Å². The summed E-state index contributed by atoms with van der Waals surface area (Å²) < 4.78 is 6.60. The van der Waals surface area contributed by atoms with Crippen LogP contribution in [0.2, 0.25) is 0 Å². The van der Waals surface area contributed by atoms with Crippen molar-refractivity contribution in [2.24, 2.45) is 0 Å². The number of ether oxygens (including phenoxy) is 1. The predicted molar refractivity (Wildman–Crippen MR) is 106 cm³/mol. The minimum absolute atomic E-state index is 0.125. The number of methoxy groups -OCH3 is 1. The second kappa shape index (κ2) is 9.14. The maximum atomic E-state index is 12.2. The van der Waals surface area contributed by atoms with Crippen LogP contribution in [0.1, 0.15) is 17.4 Å². The summed E-state index contributed by atoms with van der Waals surface area (Å²) >= 11 is 1.30. The molecule has 1 amide bonds. The van der Waals surface area contributed by atoms with Crippen molar-refractivity contribution in [3.63, 3.8) is 0 Å². The Bertz CT molecular complexity index is 975. The number of amides is 1. The second-order valence-corrected chi connectivity index (χ2v) is 6.62. The highest BCUT2D eigenvalue weighted by atomic mass is 32.2. The van der Waals surface area contributed by atoms with Crippen LogP contribution >= 0.6 is 11.8 Å². The van der Waals surface area contributed by atoms with Crippen LogP contribution < -0.4 is 5.32 Å². The van der Waals surface area contributed by atoms with Crippen LogP contribution in [0.5, 0.6) is 0 Å². The number of carbonyl (C=O) groups is 2. The number of nitrogens with one attached hydrogen (secondary N) is 1. The lowest BCUT2D eigenvalue weighted by atomic mass is 10.2. The normalized spacial score (nSPS) is 10.5. The van der Waals surface area contributed by atoms with E-state index in [1.807, 2.05) is 41.8 Å². The molecule has 9 heteroatoms. The van der Waals surface area contributed by atoms with Gasteiger partial charge in [-0.25, -0.2) is 9.78 Å². The van der Waals surface area contributed by atoms with Gasteiger partial charge in [-0.2, -0.15) is 0 Å². The fraction of sp³-hybridized carbons (Fsp3) is 0.211. The molecule has 0 fully saturated rings. The van der Waals surface area contributed by atoms with Gasteiger partial charge in [-0.15, -0.1) is 10.2 Å². The molecule has 144 valence electrons. The molecule has 1 aromatic carbocycles. The van der Waals surface area contributed by atoms with Crippen molar-refractivity contribution in [1.29, 1.82) is 0 Å². The third-order valence-electron chi connectivity index (χ3n) is 3.84. The Kier molecular flexibility index (Phi) is 6.38. The molecule has 3 aromatic rings. The minimum atomic E-state index is -0.517. The van der Waals surface area contributed by atoms with Gasteiger partial charge in [0, 0.05) is 24.0 Å². The number of hydrogen-bond donors (Lipinski definition) is 1. The van der Waals surface area contributed by atoms with Gasteiger partial charge in [0.05, 0.1) is 12.9 Å². The Morgan fingerprint density at radius 3 is 2.68 bits per heavy atom. The van der Waals surface area contributed by atoms with Crippen LogP contribution in [0, 0.1) is 0 Å². The van der Waals surface area contributed by atoms with Gasteiger partial charge in [0.2, 0.25) is 5.91 Å². The smallest absolute Gasteiger partial charge is 0.356 e. The molecule has 8 nitrogen and oxygen atoms in total. The number of pyridine rings is 1. The van der Waals surface area contributed by atoms with Crippen molar-refractivity contribution in [3.05, 3.63) is 54.4 Å². The van der Waals surface area contributed by atoms with Crippen molar-refractivity contribution in [2.45, 2.75) is 18.6 Å². The third kappa shape index (κ3) is 4.55. The average Bonchev–Trinajstić information content (AvgIpc) is 3.15. The molecule has 1 N–H and O–H groups in total. The number of nitrogens with zero attached hydrogens (tertiary/aromatic N) is 4. The van der Waals surface area contributed by atoms with Gasteiger partial charge >= 0.3 is 5.97 Å². The first-order chi connectivity index (χ1) is 13.6. The van der Waals surface area contributed by atoms with E-state index in [4.69, 9.17) is 4.74 Å². The summed E-state index contributed by atoms with van der Waals surface area (Å²) in [5.74, 6) is 0.162. The number of benzene rings is 1. The summed E-state index contributed by atoms with van der Waals surface area (Å²) in [7, 11) is 1.31. The van der Waals surface area contributed by atoms with Crippen molar-refractivity contribution in [3.8, 4) is 11.4 Å². The molecule has 0 saturated heterocycles. The van der Waals surface area contributed by atoms with E-state index in [0.717, 1.165) is 5.69 Å². The number of hydrogen-bond acceptors (Lipinski definition) is 7. The fourth-order valence-electron chi connectivity index (χ4n) is 2.53. The standard InChI is InChI=1S/C19H19N5O3S/c1-3-24-17(13-9-10-20-15(11-13)18(26)27-2)22-23-19(24)28-12-16(25)21-14-7-5-4-6-8-14/h4-11H,3,12H2,1-2H3,(H,21,25). The van der Waals surface area contributed by atoms with Gasteiger partial charge in [0.15, 0.2) is 11.0 Å². The minimum Gasteiger partial charge on any atom is -0.464 e. The SMILES string of the molecule is CCn1c(SCC(=O)Nc2ccccc2)nnc1-c1ccnc(C(=O)OC)c1. The zero-order chi connectivity index (χ0) is 19.9. The molecule has 3 rings (SSSR count). The average molecular weight is 397 g/mol. The molecule has 0 spiro atoms. The number of aromatic nitrogens is 4. The number of rotatable bonds is 7. The predicted octanol–water partition coefficient (Wildman–Crippen LogP) is 2.88. The van der Waals surface area contributed by atoms with E-state index in [0.29, 0.717) is 23.1 Å². The number of esters is 1. The molecule has 2 heterocycles. The lowest BCUT2D eigenvalue weighted by Gasteiger charge is -2.08. The molecule has 0 bridgehead atoms. The number of thioether (sulfide) groups is 1. The highest BCUT2D eigenvalue weighted by molar-refractivity contribution is 7.99. The Balaban J connectivity index is 1.73. The van der Waals surface area contributed by atoms with Gasteiger partial charge in [-0.05, 0) is 31.2 Å². The first-order valence-corrected chi connectivity index (χ1v) is 9.56. The highest BCUT2D eigenvalue weighted by Crippen LogP contribution is 2.24. The van der Waals surface area contributed by atoms with E-state index in [1.165, 1.54) is 25.1 Å². The summed E-state index contributed by atoms with van der Waals surface area (Å²) in [4.78, 5) is 27.9. The lowest BCUT2D eigenvalue weighted by molar-refractivity contribution is -0.113. The quantitative estimate of drug-likeness (QED) is 0.483. The summed E-state index contributed by atoms with van der Waals surface area (Å²) in [6.45, 7) is 2.57. The monoisotopic (exact) mass is 397 g/mol. The van der Waals surface area contributed by atoms with E-state index in [2.05, 4.69) is 20.5 Å². The molecular formula is C19H19N5O3S. The zero-order valence-electron chi connectivity index (χ0n) is 15.5. The first kappa shape index (κ1) is 19.6. The lowest BCUT2D eigenvalue weighted by Crippen LogP contribution is -2.14. The van der Waals surface area contributed by atoms with Crippen molar-refractivity contribution < 1.29 is 14.3 Å². The maximum Gasteiger partial charge on any atom is 0.356 e. The van der Waals surface area contributed by atoms with Gasteiger partial charge < -0.3 is 14.6 Å². The molecule has 0 aliphatic carbocycles. The molecule has 0 radical (unpaired) electrons. The largest absolute Gasteiger partial charge is 0.464 e. The Hall–Kier alpha value is -3.20. The molecule has 0 aliphatic heterocycles. The van der Waals surface area contributed by atoms with Crippen molar-refractivity contribution in [2.75, 3.05) is 18.2 Å². The summed E-state index contributed by atoms with van der Waals surface area (Å²) in [5, 5.41) is 11.9. The number of carbonyl (C=O) groups excluding carboxylic acids is 2. The van der Waals surface area contributed by atoms with E-state index in [1.54, 1.807) is 12.1 Å². The highest BCUT2D eigenvalue weighted by Gasteiger charge is 2.16. The van der Waals surface area contributed by atoms with E-state index in [-0.39, 0.29) is 17.4 Å². The number of para-hydroxylation sites is 1. The molecule has 0 atom stereocenters. The second-order valence-electron chi connectivity index (χ2n) is 5.67. The summed E-state index contributed by atoms with van der Waals surface area (Å²) in [6, 6.07) is 12.6. The molecule has 0 unspecified atom stereocenters. The number of anilines is 1. The van der Waals surface area contributed by atoms with Crippen LogP contribution in [-0.2, 0) is 16.1 Å². The first-order valence-electron chi connectivity index (χ1n) is 8.58. The fourth-order valence-corrected chi connectivity index (χ4v) is 3.33. The van der Waals surface area contributed by atoms with Crippen LogP contribution in [0.25, 0.3) is 11.4 Å². The Morgan fingerprint density at radius 1 is 1.18 bits per heavy atom. The molecule has 0 aliphatic rings.